The molecule has 0 aliphatic rings. The van der Waals surface area contributed by atoms with Gasteiger partial charge >= 0.3 is 0 Å². The Morgan fingerprint density at radius 1 is 1.37 bits per heavy atom. The maximum atomic E-state index is 5.86. The van der Waals surface area contributed by atoms with E-state index in [0.717, 1.165) is 15.0 Å². The average Bonchev–Trinajstić information content (AvgIpc) is 2.91. The molecule has 0 radical (unpaired) electrons. The van der Waals surface area contributed by atoms with Crippen molar-refractivity contribution in [3.05, 3.63) is 38.8 Å². The largest absolute Gasteiger partial charge is 0.490 e. The van der Waals surface area contributed by atoms with Crippen LogP contribution in [0.3, 0.4) is 0 Å². The van der Waals surface area contributed by atoms with Crippen LogP contribution in [0.25, 0.3) is 0 Å². The number of halogens is 2. The van der Waals surface area contributed by atoms with Crippen molar-refractivity contribution in [1.29, 1.82) is 0 Å². The zero-order valence-corrected chi connectivity index (χ0v) is 13.5. The molecule has 0 N–H and O–H groups in total. The quantitative estimate of drug-likeness (QED) is 0.703. The lowest BCUT2D eigenvalue weighted by Gasteiger charge is -2.14. The van der Waals surface area contributed by atoms with Crippen LogP contribution in [0.5, 0.6) is 11.5 Å². The molecule has 0 fully saturated rings. The molecule has 3 nitrogen and oxygen atoms in total. The van der Waals surface area contributed by atoms with Gasteiger partial charge in [0.05, 0.1) is 11.1 Å². The molecule has 2 rings (SSSR count). The van der Waals surface area contributed by atoms with Crippen molar-refractivity contribution >= 4 is 38.9 Å². The van der Waals surface area contributed by atoms with Crippen LogP contribution >= 0.6 is 38.9 Å². The van der Waals surface area contributed by atoms with Crippen molar-refractivity contribution in [2.75, 3.05) is 6.61 Å². The number of hydrogen-bond donors (Lipinski definition) is 0. The number of ether oxygens (including phenoxy) is 2. The fourth-order valence-electron chi connectivity index (χ4n) is 1.56. The van der Waals surface area contributed by atoms with E-state index < -0.39 is 0 Å². The van der Waals surface area contributed by atoms with Gasteiger partial charge in [-0.15, -0.1) is 22.9 Å². The van der Waals surface area contributed by atoms with E-state index in [4.69, 9.17) is 21.1 Å². The fourth-order valence-corrected chi connectivity index (χ4v) is 2.85. The Morgan fingerprint density at radius 2 is 2.21 bits per heavy atom. The van der Waals surface area contributed by atoms with Gasteiger partial charge in [-0.05, 0) is 40.5 Å². The molecule has 0 bridgehead atoms. The molecule has 102 valence electrons. The van der Waals surface area contributed by atoms with Crippen LogP contribution in [-0.4, -0.2) is 11.6 Å². The molecule has 1 aromatic heterocycles. The number of hydrogen-bond acceptors (Lipinski definition) is 4. The van der Waals surface area contributed by atoms with Crippen molar-refractivity contribution in [3.8, 4) is 11.5 Å². The van der Waals surface area contributed by atoms with Crippen LogP contribution in [0.1, 0.15) is 17.5 Å². The Labute approximate surface area is 129 Å². The SMILES string of the molecule is CCOc1cc(CCl)cc(Br)c1OCc1nccs1. The minimum absolute atomic E-state index is 0.427. The summed E-state index contributed by atoms with van der Waals surface area (Å²) in [5.74, 6) is 1.82. The minimum atomic E-state index is 0.427. The summed E-state index contributed by atoms with van der Waals surface area (Å²) in [7, 11) is 0. The first kappa shape index (κ1) is 14.6. The van der Waals surface area contributed by atoms with Gasteiger partial charge in [0.2, 0.25) is 0 Å². The van der Waals surface area contributed by atoms with E-state index in [1.807, 2.05) is 24.4 Å². The van der Waals surface area contributed by atoms with Gasteiger partial charge in [-0.1, -0.05) is 0 Å². The number of rotatable bonds is 6. The molecule has 2 aromatic rings. The third-order valence-electron chi connectivity index (χ3n) is 2.35. The summed E-state index contributed by atoms with van der Waals surface area (Å²) in [6, 6.07) is 3.84. The Morgan fingerprint density at radius 3 is 2.84 bits per heavy atom. The highest BCUT2D eigenvalue weighted by molar-refractivity contribution is 9.10. The smallest absolute Gasteiger partial charge is 0.175 e. The summed E-state index contributed by atoms with van der Waals surface area (Å²) in [5.41, 5.74) is 0.985. The highest BCUT2D eigenvalue weighted by Crippen LogP contribution is 2.37. The molecule has 6 heteroatoms. The third-order valence-corrected chi connectivity index (χ3v) is 4.00. The maximum absolute atomic E-state index is 5.86. The Balaban J connectivity index is 2.21. The molecule has 19 heavy (non-hydrogen) atoms. The van der Waals surface area contributed by atoms with Gasteiger partial charge in [0.25, 0.3) is 0 Å². The molecular formula is C13H13BrClNO2S. The molecule has 0 unspecified atom stereocenters. The molecule has 0 saturated heterocycles. The summed E-state index contributed by atoms with van der Waals surface area (Å²) in [6.07, 6.45) is 1.76. The van der Waals surface area contributed by atoms with E-state index in [1.165, 1.54) is 0 Å². The Kier molecular flexibility index (Phi) is 5.48. The molecule has 0 amide bonds. The molecule has 0 aliphatic heterocycles. The first-order chi connectivity index (χ1) is 9.24. The van der Waals surface area contributed by atoms with Crippen LogP contribution < -0.4 is 9.47 Å². The second-order valence-electron chi connectivity index (χ2n) is 3.69. The predicted molar refractivity (Wildman–Crippen MR) is 81.3 cm³/mol. The predicted octanol–water partition coefficient (Wildman–Crippen LogP) is 4.62. The zero-order chi connectivity index (χ0) is 13.7. The van der Waals surface area contributed by atoms with Gasteiger partial charge in [-0.3, -0.25) is 0 Å². The summed E-state index contributed by atoms with van der Waals surface area (Å²) >= 11 is 10.9. The second-order valence-corrected chi connectivity index (χ2v) is 5.79. The number of aromatic nitrogens is 1. The van der Waals surface area contributed by atoms with Crippen LogP contribution in [0.4, 0.5) is 0 Å². The number of nitrogens with zero attached hydrogens (tertiary/aromatic N) is 1. The number of benzene rings is 1. The highest BCUT2D eigenvalue weighted by Gasteiger charge is 2.12. The molecule has 0 spiro atoms. The lowest BCUT2D eigenvalue weighted by atomic mass is 10.2. The third kappa shape index (κ3) is 3.84. The maximum Gasteiger partial charge on any atom is 0.175 e. The molecule has 0 aliphatic carbocycles. The van der Waals surface area contributed by atoms with Gasteiger partial charge < -0.3 is 9.47 Å². The average molecular weight is 363 g/mol. The first-order valence-electron chi connectivity index (χ1n) is 5.77. The lowest BCUT2D eigenvalue weighted by Crippen LogP contribution is -2.01. The van der Waals surface area contributed by atoms with E-state index in [2.05, 4.69) is 20.9 Å². The second kappa shape index (κ2) is 7.12. The monoisotopic (exact) mass is 361 g/mol. The van der Waals surface area contributed by atoms with E-state index in [0.29, 0.717) is 30.6 Å². The van der Waals surface area contributed by atoms with Crippen molar-refractivity contribution in [3.63, 3.8) is 0 Å². The van der Waals surface area contributed by atoms with Gasteiger partial charge in [-0.2, -0.15) is 0 Å². The topological polar surface area (TPSA) is 31.4 Å². The van der Waals surface area contributed by atoms with Crippen LogP contribution in [0.2, 0.25) is 0 Å². The molecule has 0 saturated carbocycles. The normalized spacial score (nSPS) is 10.5. The van der Waals surface area contributed by atoms with E-state index in [1.54, 1.807) is 17.5 Å². The summed E-state index contributed by atoms with van der Waals surface area (Å²) in [5, 5.41) is 2.85. The van der Waals surface area contributed by atoms with E-state index in [9.17, 15) is 0 Å². The molecule has 1 heterocycles. The van der Waals surface area contributed by atoms with E-state index >= 15 is 0 Å². The van der Waals surface area contributed by atoms with Crippen LogP contribution in [-0.2, 0) is 12.5 Å². The standard InChI is InChI=1S/C13H13BrClNO2S/c1-2-17-11-6-9(7-15)5-10(14)13(11)18-8-12-16-3-4-19-12/h3-6H,2,7-8H2,1H3. The van der Waals surface area contributed by atoms with Crippen molar-refractivity contribution < 1.29 is 9.47 Å². The van der Waals surface area contributed by atoms with Gasteiger partial charge in [0, 0.05) is 17.5 Å². The Bertz CT molecular complexity index is 534. The van der Waals surface area contributed by atoms with Crippen molar-refractivity contribution in [2.45, 2.75) is 19.4 Å². The van der Waals surface area contributed by atoms with Crippen molar-refractivity contribution in [1.82, 2.24) is 4.98 Å². The minimum Gasteiger partial charge on any atom is -0.490 e. The Hall–Kier alpha value is -0.780. The fraction of sp³-hybridized carbons (Fsp3) is 0.308. The van der Waals surface area contributed by atoms with Gasteiger partial charge in [-0.25, -0.2) is 4.98 Å². The highest BCUT2D eigenvalue weighted by atomic mass is 79.9. The number of alkyl halides is 1. The van der Waals surface area contributed by atoms with Gasteiger partial charge in [0.1, 0.15) is 11.6 Å². The zero-order valence-electron chi connectivity index (χ0n) is 10.4. The number of thiazole rings is 1. The summed E-state index contributed by atoms with van der Waals surface area (Å²) in [4.78, 5) is 4.19. The van der Waals surface area contributed by atoms with Crippen molar-refractivity contribution in [2.24, 2.45) is 0 Å². The van der Waals surface area contributed by atoms with Crippen LogP contribution in [0.15, 0.2) is 28.2 Å². The molecular weight excluding hydrogens is 350 g/mol. The summed E-state index contributed by atoms with van der Waals surface area (Å²) in [6.45, 7) is 2.94. The van der Waals surface area contributed by atoms with Gasteiger partial charge in [0.15, 0.2) is 11.5 Å². The summed E-state index contributed by atoms with van der Waals surface area (Å²) < 4.78 is 12.2. The lowest BCUT2D eigenvalue weighted by molar-refractivity contribution is 0.267. The van der Waals surface area contributed by atoms with Crippen LogP contribution in [0, 0.1) is 0 Å². The first-order valence-corrected chi connectivity index (χ1v) is 7.97. The van der Waals surface area contributed by atoms with E-state index in [-0.39, 0.29) is 0 Å². The molecule has 0 atom stereocenters. The molecule has 1 aromatic carbocycles.